The second-order valence-electron chi connectivity index (χ2n) is 5.90. The molecular formula is C15H21N7O. The quantitative estimate of drug-likeness (QED) is 0.656. The van der Waals surface area contributed by atoms with Crippen molar-refractivity contribution in [2.24, 2.45) is 5.92 Å². The molecule has 8 heteroatoms. The van der Waals surface area contributed by atoms with E-state index in [1.54, 1.807) is 10.7 Å². The molecular weight excluding hydrogens is 294 g/mol. The van der Waals surface area contributed by atoms with E-state index in [0.29, 0.717) is 36.5 Å². The molecule has 0 N–H and O–H groups in total. The highest BCUT2D eigenvalue weighted by Crippen LogP contribution is 2.09. The second kappa shape index (κ2) is 6.82. The first kappa shape index (κ1) is 15.5. The van der Waals surface area contributed by atoms with Gasteiger partial charge >= 0.3 is 0 Å². The van der Waals surface area contributed by atoms with Gasteiger partial charge in [-0.2, -0.15) is 9.97 Å². The molecule has 122 valence electrons. The standard InChI is InChI=1S/C15H21N7O/c1-4-21(10-13-17-14(23-20-13)8-11(2)3)9-12-18-15-16-6-5-7-22(15)19-12/h5-7,11H,4,8-10H2,1-3H3. The van der Waals surface area contributed by atoms with Crippen LogP contribution < -0.4 is 0 Å². The molecule has 0 aliphatic heterocycles. The van der Waals surface area contributed by atoms with Crippen molar-refractivity contribution < 1.29 is 4.52 Å². The third kappa shape index (κ3) is 3.89. The Morgan fingerprint density at radius 2 is 2.04 bits per heavy atom. The van der Waals surface area contributed by atoms with Gasteiger partial charge < -0.3 is 4.52 Å². The molecule has 0 saturated carbocycles. The number of hydrogen-bond acceptors (Lipinski definition) is 7. The first-order valence-corrected chi connectivity index (χ1v) is 7.84. The first-order valence-electron chi connectivity index (χ1n) is 7.84. The van der Waals surface area contributed by atoms with Gasteiger partial charge in [-0.25, -0.2) is 9.50 Å². The van der Waals surface area contributed by atoms with Crippen molar-refractivity contribution in [3.63, 3.8) is 0 Å². The summed E-state index contributed by atoms with van der Waals surface area (Å²) in [4.78, 5) is 15.2. The van der Waals surface area contributed by atoms with E-state index in [9.17, 15) is 0 Å². The Hall–Kier alpha value is -2.35. The van der Waals surface area contributed by atoms with Gasteiger partial charge in [-0.05, 0) is 18.5 Å². The largest absolute Gasteiger partial charge is 0.339 e. The molecule has 0 aliphatic rings. The lowest BCUT2D eigenvalue weighted by molar-refractivity contribution is 0.252. The smallest absolute Gasteiger partial charge is 0.252 e. The van der Waals surface area contributed by atoms with Crippen LogP contribution in [0.5, 0.6) is 0 Å². The molecule has 3 aromatic rings. The van der Waals surface area contributed by atoms with Gasteiger partial charge in [0.15, 0.2) is 11.6 Å². The number of rotatable bonds is 7. The minimum absolute atomic E-state index is 0.500. The van der Waals surface area contributed by atoms with E-state index in [1.165, 1.54) is 0 Å². The van der Waals surface area contributed by atoms with Gasteiger partial charge in [-0.3, -0.25) is 4.90 Å². The van der Waals surface area contributed by atoms with E-state index in [4.69, 9.17) is 4.52 Å². The molecule has 0 aliphatic carbocycles. The Labute approximate surface area is 134 Å². The van der Waals surface area contributed by atoms with Crippen LogP contribution in [-0.2, 0) is 19.5 Å². The van der Waals surface area contributed by atoms with E-state index in [1.807, 2.05) is 12.3 Å². The summed E-state index contributed by atoms with van der Waals surface area (Å²) in [7, 11) is 0. The maximum Gasteiger partial charge on any atom is 0.252 e. The topological polar surface area (TPSA) is 85.2 Å². The lowest BCUT2D eigenvalue weighted by Gasteiger charge is -2.15. The molecule has 23 heavy (non-hydrogen) atoms. The number of nitrogens with zero attached hydrogens (tertiary/aromatic N) is 7. The van der Waals surface area contributed by atoms with Crippen molar-refractivity contribution in [2.45, 2.75) is 40.3 Å². The third-order valence-corrected chi connectivity index (χ3v) is 3.43. The third-order valence-electron chi connectivity index (χ3n) is 3.43. The van der Waals surface area contributed by atoms with Crippen molar-refractivity contribution in [1.29, 1.82) is 0 Å². The molecule has 0 unspecified atom stereocenters. The van der Waals surface area contributed by atoms with E-state index >= 15 is 0 Å². The average molecular weight is 315 g/mol. The first-order chi connectivity index (χ1) is 11.1. The van der Waals surface area contributed by atoms with Crippen LogP contribution in [0.15, 0.2) is 23.0 Å². The van der Waals surface area contributed by atoms with Crippen molar-refractivity contribution in [3.8, 4) is 0 Å². The molecule has 0 atom stereocenters. The van der Waals surface area contributed by atoms with Crippen LogP contribution >= 0.6 is 0 Å². The summed E-state index contributed by atoms with van der Waals surface area (Å²) in [6.45, 7) is 8.42. The Bertz CT molecular complexity index is 731. The van der Waals surface area contributed by atoms with Gasteiger partial charge in [0.05, 0.1) is 13.1 Å². The molecule has 3 rings (SSSR count). The normalized spacial score (nSPS) is 11.9. The molecule has 0 fully saturated rings. The molecule has 3 aromatic heterocycles. The highest BCUT2D eigenvalue weighted by Gasteiger charge is 2.14. The summed E-state index contributed by atoms with van der Waals surface area (Å²) in [5, 5.41) is 8.48. The predicted molar refractivity (Wildman–Crippen MR) is 83.4 cm³/mol. The fourth-order valence-electron chi connectivity index (χ4n) is 2.31. The second-order valence-corrected chi connectivity index (χ2v) is 5.90. The molecule has 0 amide bonds. The van der Waals surface area contributed by atoms with Crippen molar-refractivity contribution in [2.75, 3.05) is 6.54 Å². The summed E-state index contributed by atoms with van der Waals surface area (Å²) in [6, 6.07) is 1.83. The van der Waals surface area contributed by atoms with Gasteiger partial charge in [-0.15, -0.1) is 5.10 Å². The van der Waals surface area contributed by atoms with E-state index in [-0.39, 0.29) is 0 Å². The van der Waals surface area contributed by atoms with Gasteiger partial charge in [-0.1, -0.05) is 25.9 Å². The number of fused-ring (bicyclic) bond motifs is 1. The Morgan fingerprint density at radius 1 is 1.22 bits per heavy atom. The molecule has 0 aromatic carbocycles. The Balaban J connectivity index is 1.66. The fraction of sp³-hybridized carbons (Fsp3) is 0.533. The fourth-order valence-corrected chi connectivity index (χ4v) is 2.31. The van der Waals surface area contributed by atoms with Crippen LogP contribution in [0.1, 0.15) is 38.3 Å². The minimum atomic E-state index is 0.500. The average Bonchev–Trinajstić information content (AvgIpc) is 3.12. The van der Waals surface area contributed by atoms with Crippen molar-refractivity contribution in [1.82, 2.24) is 34.6 Å². The highest BCUT2D eigenvalue weighted by atomic mass is 16.5. The zero-order valence-electron chi connectivity index (χ0n) is 13.7. The lowest BCUT2D eigenvalue weighted by Crippen LogP contribution is -2.23. The molecule has 0 saturated heterocycles. The summed E-state index contributed by atoms with van der Waals surface area (Å²) >= 11 is 0. The maximum atomic E-state index is 5.29. The van der Waals surface area contributed by atoms with Gasteiger partial charge in [0.25, 0.3) is 5.78 Å². The predicted octanol–water partition coefficient (Wildman–Crippen LogP) is 1.73. The van der Waals surface area contributed by atoms with E-state index < -0.39 is 0 Å². The van der Waals surface area contributed by atoms with Crippen molar-refractivity contribution >= 4 is 5.78 Å². The monoisotopic (exact) mass is 315 g/mol. The Morgan fingerprint density at radius 3 is 2.78 bits per heavy atom. The van der Waals surface area contributed by atoms with E-state index in [0.717, 1.165) is 18.8 Å². The molecule has 0 radical (unpaired) electrons. The summed E-state index contributed by atoms with van der Waals surface area (Å²) in [5.41, 5.74) is 0. The molecule has 0 spiro atoms. The Kier molecular flexibility index (Phi) is 4.61. The highest BCUT2D eigenvalue weighted by molar-refractivity contribution is 5.24. The molecule has 8 nitrogen and oxygen atoms in total. The molecule has 3 heterocycles. The summed E-state index contributed by atoms with van der Waals surface area (Å²) < 4.78 is 6.96. The van der Waals surface area contributed by atoms with Gasteiger partial charge in [0.2, 0.25) is 5.89 Å². The van der Waals surface area contributed by atoms with Crippen molar-refractivity contribution in [3.05, 3.63) is 36.0 Å². The van der Waals surface area contributed by atoms with Crippen LogP contribution in [0.4, 0.5) is 0 Å². The maximum absolute atomic E-state index is 5.29. The lowest BCUT2D eigenvalue weighted by atomic mass is 10.1. The summed E-state index contributed by atoms with van der Waals surface area (Å²) in [5.74, 6) is 3.24. The van der Waals surface area contributed by atoms with Gasteiger partial charge in [0.1, 0.15) is 0 Å². The molecule has 0 bridgehead atoms. The van der Waals surface area contributed by atoms with Crippen LogP contribution in [-0.4, -0.2) is 41.2 Å². The SMILES string of the molecule is CCN(Cc1noc(CC(C)C)n1)Cc1nc2ncccn2n1. The van der Waals surface area contributed by atoms with Gasteiger partial charge in [0, 0.05) is 18.8 Å². The van der Waals surface area contributed by atoms with E-state index in [2.05, 4.69) is 50.9 Å². The number of hydrogen-bond donors (Lipinski definition) is 0. The zero-order valence-corrected chi connectivity index (χ0v) is 13.7. The van der Waals surface area contributed by atoms with Crippen LogP contribution in [0, 0.1) is 5.92 Å². The van der Waals surface area contributed by atoms with Crippen LogP contribution in [0.2, 0.25) is 0 Å². The number of aromatic nitrogens is 6. The zero-order chi connectivity index (χ0) is 16.2. The minimum Gasteiger partial charge on any atom is -0.339 e. The summed E-state index contributed by atoms with van der Waals surface area (Å²) in [6.07, 6.45) is 4.35. The van der Waals surface area contributed by atoms with Crippen LogP contribution in [0.3, 0.4) is 0 Å². The van der Waals surface area contributed by atoms with Crippen LogP contribution in [0.25, 0.3) is 5.78 Å².